The number of ether oxygens (including phenoxy) is 1. The molecule has 0 spiro atoms. The van der Waals surface area contributed by atoms with Crippen LogP contribution in [-0.4, -0.2) is 55.6 Å². The lowest BCUT2D eigenvalue weighted by atomic mass is 10.2. The van der Waals surface area contributed by atoms with Gasteiger partial charge in [-0.15, -0.1) is 0 Å². The molecule has 0 fully saturated rings. The van der Waals surface area contributed by atoms with E-state index in [-0.39, 0.29) is 11.9 Å². The standard InChI is InChI=1S/C20H27N7O2S/c1-5-29-19-14(8-7-9-22-19)18(28)21-10-11-27-17-15(12-23-27)16(24-13(3)4)25-20(26-17)30-6-2/h7-9,12-13H,5-6,10-11H2,1-4H3,(H,21,28)(H,24,25,26). The minimum atomic E-state index is -0.234. The summed E-state index contributed by atoms with van der Waals surface area (Å²) in [6.07, 6.45) is 3.36. The third-order valence-electron chi connectivity index (χ3n) is 4.08. The van der Waals surface area contributed by atoms with E-state index in [1.807, 2.05) is 6.92 Å². The van der Waals surface area contributed by atoms with Crippen molar-refractivity contribution in [3.8, 4) is 5.88 Å². The number of nitrogens with zero attached hydrogens (tertiary/aromatic N) is 5. The summed E-state index contributed by atoms with van der Waals surface area (Å²) in [4.78, 5) is 25.9. The van der Waals surface area contributed by atoms with Crippen LogP contribution in [0.1, 0.15) is 38.1 Å². The second-order valence-electron chi connectivity index (χ2n) is 6.74. The van der Waals surface area contributed by atoms with Crippen LogP contribution in [0, 0.1) is 0 Å². The summed E-state index contributed by atoms with van der Waals surface area (Å²) in [5.41, 5.74) is 1.16. The van der Waals surface area contributed by atoms with E-state index in [1.165, 1.54) is 0 Å². The Morgan fingerprint density at radius 3 is 2.87 bits per heavy atom. The molecule has 9 nitrogen and oxygen atoms in total. The molecule has 3 rings (SSSR count). The number of carbonyl (C=O) groups is 1. The number of anilines is 1. The first-order valence-electron chi connectivity index (χ1n) is 10.0. The minimum Gasteiger partial charge on any atom is -0.477 e. The van der Waals surface area contributed by atoms with Crippen LogP contribution in [0.25, 0.3) is 11.0 Å². The molecule has 3 aromatic rings. The van der Waals surface area contributed by atoms with E-state index in [9.17, 15) is 4.79 Å². The maximum absolute atomic E-state index is 12.5. The molecule has 0 atom stereocenters. The highest BCUT2D eigenvalue weighted by atomic mass is 32.2. The largest absolute Gasteiger partial charge is 0.477 e. The number of fused-ring (bicyclic) bond motifs is 1. The van der Waals surface area contributed by atoms with Gasteiger partial charge in [-0.2, -0.15) is 5.10 Å². The van der Waals surface area contributed by atoms with Gasteiger partial charge in [0.25, 0.3) is 5.91 Å². The Kier molecular flexibility index (Phi) is 7.45. The summed E-state index contributed by atoms with van der Waals surface area (Å²) in [6, 6.07) is 3.65. The van der Waals surface area contributed by atoms with Crippen LogP contribution in [0.2, 0.25) is 0 Å². The van der Waals surface area contributed by atoms with Gasteiger partial charge in [0.05, 0.1) is 24.7 Å². The van der Waals surface area contributed by atoms with E-state index in [0.29, 0.717) is 36.3 Å². The Hall–Kier alpha value is -2.88. The molecule has 30 heavy (non-hydrogen) atoms. The quantitative estimate of drug-likeness (QED) is 0.374. The summed E-state index contributed by atoms with van der Waals surface area (Å²) in [7, 11) is 0. The van der Waals surface area contributed by atoms with Crippen molar-refractivity contribution in [2.24, 2.45) is 0 Å². The van der Waals surface area contributed by atoms with Crippen LogP contribution in [0.4, 0.5) is 5.82 Å². The second-order valence-corrected chi connectivity index (χ2v) is 7.97. The molecule has 0 unspecified atom stereocenters. The lowest BCUT2D eigenvalue weighted by Crippen LogP contribution is -2.28. The molecule has 3 heterocycles. The SMILES string of the molecule is CCOc1ncccc1C(=O)NCCn1ncc2c(NC(C)C)nc(SCC)nc21. The summed E-state index contributed by atoms with van der Waals surface area (Å²) < 4.78 is 7.22. The minimum absolute atomic E-state index is 0.234. The van der Waals surface area contributed by atoms with Crippen LogP contribution in [0.5, 0.6) is 5.88 Å². The molecule has 0 aliphatic heterocycles. The highest BCUT2D eigenvalue weighted by Crippen LogP contribution is 2.24. The van der Waals surface area contributed by atoms with Gasteiger partial charge in [-0.05, 0) is 38.7 Å². The summed E-state index contributed by atoms with van der Waals surface area (Å²) in [5, 5.41) is 12.3. The van der Waals surface area contributed by atoms with Gasteiger partial charge in [0.15, 0.2) is 10.8 Å². The van der Waals surface area contributed by atoms with Crippen molar-refractivity contribution in [2.45, 2.75) is 45.4 Å². The maximum Gasteiger partial charge on any atom is 0.256 e. The summed E-state index contributed by atoms with van der Waals surface area (Å²) in [6.45, 7) is 9.37. The normalized spacial score (nSPS) is 11.1. The van der Waals surface area contributed by atoms with Crippen LogP contribution in [0.15, 0.2) is 29.7 Å². The van der Waals surface area contributed by atoms with Gasteiger partial charge in [0, 0.05) is 18.8 Å². The average Bonchev–Trinajstić information content (AvgIpc) is 3.12. The topological polar surface area (TPSA) is 107 Å². The van der Waals surface area contributed by atoms with Gasteiger partial charge in [-0.3, -0.25) is 4.79 Å². The van der Waals surface area contributed by atoms with Gasteiger partial charge in [-0.1, -0.05) is 18.7 Å². The number of carbonyl (C=O) groups excluding carboxylic acids is 1. The van der Waals surface area contributed by atoms with E-state index in [2.05, 4.69) is 51.5 Å². The first-order chi connectivity index (χ1) is 14.5. The number of rotatable bonds is 10. The van der Waals surface area contributed by atoms with Gasteiger partial charge in [-0.25, -0.2) is 19.6 Å². The van der Waals surface area contributed by atoms with Crippen LogP contribution >= 0.6 is 11.8 Å². The van der Waals surface area contributed by atoms with E-state index in [1.54, 1.807) is 41.0 Å². The maximum atomic E-state index is 12.5. The Morgan fingerprint density at radius 2 is 2.13 bits per heavy atom. The van der Waals surface area contributed by atoms with E-state index in [4.69, 9.17) is 4.74 Å². The zero-order valence-electron chi connectivity index (χ0n) is 17.7. The molecule has 0 saturated heterocycles. The van der Waals surface area contributed by atoms with E-state index in [0.717, 1.165) is 22.6 Å². The zero-order valence-corrected chi connectivity index (χ0v) is 18.5. The van der Waals surface area contributed by atoms with Crippen LogP contribution in [-0.2, 0) is 6.54 Å². The molecular weight excluding hydrogens is 402 g/mol. The predicted octanol–water partition coefficient (Wildman–Crippen LogP) is 2.98. The van der Waals surface area contributed by atoms with Crippen molar-refractivity contribution < 1.29 is 9.53 Å². The third-order valence-corrected chi connectivity index (χ3v) is 4.81. The molecule has 0 aliphatic carbocycles. The second kappa shape index (κ2) is 10.2. The first kappa shape index (κ1) is 21.8. The smallest absolute Gasteiger partial charge is 0.256 e. The Morgan fingerprint density at radius 1 is 1.30 bits per heavy atom. The van der Waals surface area contributed by atoms with E-state index >= 15 is 0 Å². The number of thioether (sulfide) groups is 1. The fourth-order valence-electron chi connectivity index (χ4n) is 2.86. The number of pyridine rings is 1. The highest BCUT2D eigenvalue weighted by Gasteiger charge is 2.15. The zero-order chi connectivity index (χ0) is 21.5. The lowest BCUT2D eigenvalue weighted by Gasteiger charge is -2.12. The van der Waals surface area contributed by atoms with Crippen molar-refractivity contribution in [1.82, 2.24) is 30.0 Å². The lowest BCUT2D eigenvalue weighted by molar-refractivity contribution is 0.0947. The molecule has 0 aliphatic rings. The van der Waals surface area contributed by atoms with Crippen molar-refractivity contribution in [2.75, 3.05) is 24.2 Å². The summed E-state index contributed by atoms with van der Waals surface area (Å²) >= 11 is 1.58. The van der Waals surface area contributed by atoms with Gasteiger partial charge in [0.1, 0.15) is 11.4 Å². The fourth-order valence-corrected chi connectivity index (χ4v) is 3.43. The van der Waals surface area contributed by atoms with Gasteiger partial charge >= 0.3 is 0 Å². The molecule has 2 N–H and O–H groups in total. The van der Waals surface area contributed by atoms with Gasteiger partial charge in [0.2, 0.25) is 5.88 Å². The van der Waals surface area contributed by atoms with Gasteiger partial charge < -0.3 is 15.4 Å². The van der Waals surface area contributed by atoms with Crippen LogP contribution < -0.4 is 15.4 Å². The van der Waals surface area contributed by atoms with Crippen molar-refractivity contribution in [3.63, 3.8) is 0 Å². The number of hydrogen-bond donors (Lipinski definition) is 2. The molecule has 0 bridgehead atoms. The number of nitrogens with one attached hydrogen (secondary N) is 2. The first-order valence-corrected chi connectivity index (χ1v) is 11.0. The van der Waals surface area contributed by atoms with Crippen molar-refractivity contribution in [1.29, 1.82) is 0 Å². The van der Waals surface area contributed by atoms with Crippen LogP contribution in [0.3, 0.4) is 0 Å². The molecule has 0 aromatic carbocycles. The molecule has 0 saturated carbocycles. The molecule has 160 valence electrons. The van der Waals surface area contributed by atoms with Crippen molar-refractivity contribution >= 4 is 34.5 Å². The molecule has 3 aromatic heterocycles. The number of hydrogen-bond acceptors (Lipinski definition) is 8. The Bertz CT molecular complexity index is 1010. The molecule has 1 amide bonds. The number of aromatic nitrogens is 5. The molecule has 0 radical (unpaired) electrons. The Balaban J connectivity index is 1.75. The fraction of sp³-hybridized carbons (Fsp3) is 0.450. The summed E-state index contributed by atoms with van der Waals surface area (Å²) in [5.74, 6) is 1.75. The third kappa shape index (κ3) is 5.18. The predicted molar refractivity (Wildman–Crippen MR) is 118 cm³/mol. The number of amides is 1. The highest BCUT2D eigenvalue weighted by molar-refractivity contribution is 7.99. The van der Waals surface area contributed by atoms with Crippen molar-refractivity contribution in [3.05, 3.63) is 30.1 Å². The van der Waals surface area contributed by atoms with E-state index < -0.39 is 0 Å². The average molecular weight is 430 g/mol. The monoisotopic (exact) mass is 429 g/mol. The molecular formula is C20H27N7O2S. The Labute approximate surface area is 180 Å². The molecule has 10 heteroatoms.